The number of esters is 1. The van der Waals surface area contributed by atoms with E-state index in [2.05, 4.69) is 10.2 Å². The summed E-state index contributed by atoms with van der Waals surface area (Å²) in [4.78, 5) is 28.1. The third-order valence-corrected chi connectivity index (χ3v) is 5.71. The number of anilines is 1. The maximum Gasteiger partial charge on any atom is 0.341 e. The highest BCUT2D eigenvalue weighted by atomic mass is 32.1. The van der Waals surface area contributed by atoms with Crippen LogP contribution >= 0.6 is 11.3 Å². The molecule has 1 aromatic rings. The van der Waals surface area contributed by atoms with Crippen LogP contribution < -0.4 is 5.32 Å². The molecule has 25 heavy (non-hydrogen) atoms. The Morgan fingerprint density at radius 1 is 1.32 bits per heavy atom. The third-order valence-electron chi connectivity index (χ3n) is 4.59. The van der Waals surface area contributed by atoms with Gasteiger partial charge in [-0.15, -0.1) is 11.3 Å². The Labute approximate surface area is 152 Å². The van der Waals surface area contributed by atoms with Crippen LogP contribution in [0.3, 0.4) is 0 Å². The third kappa shape index (κ3) is 4.22. The van der Waals surface area contributed by atoms with Crippen molar-refractivity contribution in [2.24, 2.45) is 0 Å². The van der Waals surface area contributed by atoms with Crippen molar-refractivity contribution in [1.82, 2.24) is 4.90 Å². The summed E-state index contributed by atoms with van der Waals surface area (Å²) in [7, 11) is 0. The molecule has 2 aliphatic rings. The van der Waals surface area contributed by atoms with E-state index < -0.39 is 0 Å². The Morgan fingerprint density at radius 3 is 2.72 bits per heavy atom. The summed E-state index contributed by atoms with van der Waals surface area (Å²) >= 11 is 1.43. The van der Waals surface area contributed by atoms with Gasteiger partial charge in [0.05, 0.1) is 30.9 Å². The summed E-state index contributed by atoms with van der Waals surface area (Å²) in [5, 5.41) is 3.53. The number of hydrogen-bond donors (Lipinski definition) is 1. The molecule has 0 bridgehead atoms. The number of nitrogens with zero attached hydrogens (tertiary/aromatic N) is 1. The van der Waals surface area contributed by atoms with Crippen molar-refractivity contribution in [3.05, 3.63) is 16.0 Å². The molecule has 0 spiro atoms. The van der Waals surface area contributed by atoms with Gasteiger partial charge in [-0.25, -0.2) is 4.79 Å². The van der Waals surface area contributed by atoms with Crippen molar-refractivity contribution < 1.29 is 19.1 Å². The first-order chi connectivity index (χ1) is 11.9. The van der Waals surface area contributed by atoms with Crippen LogP contribution in [-0.4, -0.2) is 48.6 Å². The molecule has 138 valence electrons. The van der Waals surface area contributed by atoms with Crippen LogP contribution in [0, 0.1) is 0 Å². The normalized spacial score (nSPS) is 19.5. The second kappa shape index (κ2) is 7.43. The molecular formula is C18H26N2O4S. The zero-order valence-electron chi connectivity index (χ0n) is 15.1. The minimum atomic E-state index is -0.367. The van der Waals surface area contributed by atoms with Gasteiger partial charge in [0, 0.05) is 11.3 Å². The molecule has 3 heterocycles. The van der Waals surface area contributed by atoms with Gasteiger partial charge >= 0.3 is 5.97 Å². The van der Waals surface area contributed by atoms with E-state index >= 15 is 0 Å². The summed E-state index contributed by atoms with van der Waals surface area (Å²) in [6.07, 6.45) is 2.91. The average Bonchev–Trinajstić information content (AvgIpc) is 3.13. The molecule has 0 unspecified atom stereocenters. The van der Waals surface area contributed by atoms with E-state index in [-0.39, 0.29) is 17.5 Å². The molecule has 7 heteroatoms. The predicted molar refractivity (Wildman–Crippen MR) is 97.2 cm³/mol. The first-order valence-electron chi connectivity index (χ1n) is 8.87. The van der Waals surface area contributed by atoms with E-state index in [0.717, 1.165) is 36.4 Å². The molecule has 0 atom stereocenters. The fourth-order valence-electron chi connectivity index (χ4n) is 3.37. The quantitative estimate of drug-likeness (QED) is 0.812. The van der Waals surface area contributed by atoms with E-state index in [1.54, 1.807) is 6.92 Å². The fourth-order valence-corrected chi connectivity index (χ4v) is 4.51. The number of ether oxygens (including phenoxy) is 2. The van der Waals surface area contributed by atoms with Crippen molar-refractivity contribution in [3.8, 4) is 0 Å². The first kappa shape index (κ1) is 18.4. The first-order valence-corrected chi connectivity index (χ1v) is 9.69. The van der Waals surface area contributed by atoms with Gasteiger partial charge in [-0.05, 0) is 52.3 Å². The fraction of sp³-hybridized carbons (Fsp3) is 0.667. The van der Waals surface area contributed by atoms with Gasteiger partial charge in [0.1, 0.15) is 5.00 Å². The maximum atomic E-state index is 12.5. The maximum absolute atomic E-state index is 12.5. The predicted octanol–water partition coefficient (Wildman–Crippen LogP) is 2.81. The van der Waals surface area contributed by atoms with E-state index in [9.17, 15) is 9.59 Å². The van der Waals surface area contributed by atoms with Crippen LogP contribution in [0.15, 0.2) is 0 Å². The van der Waals surface area contributed by atoms with Gasteiger partial charge in [0.2, 0.25) is 5.91 Å². The van der Waals surface area contributed by atoms with Crippen molar-refractivity contribution in [1.29, 1.82) is 0 Å². The Balaban J connectivity index is 1.83. The monoisotopic (exact) mass is 366 g/mol. The standard InChI is InChI=1S/C18H26N2O4S/c1-4-23-17(22)15-12-9-18(2,3)24-11-13(12)25-16(15)19-14(21)10-20-7-5-6-8-20/h4-11H2,1-3H3,(H,19,21). The molecule has 3 rings (SSSR count). The van der Waals surface area contributed by atoms with E-state index in [4.69, 9.17) is 9.47 Å². The number of carbonyl (C=O) groups is 2. The van der Waals surface area contributed by atoms with Crippen LogP contribution in [0.1, 0.15) is 54.4 Å². The second-order valence-corrected chi connectivity index (χ2v) is 8.29. The number of amides is 1. The number of likely N-dealkylation sites (tertiary alicyclic amines) is 1. The molecule has 1 fully saturated rings. The minimum absolute atomic E-state index is 0.0776. The second-order valence-electron chi connectivity index (χ2n) is 7.18. The summed E-state index contributed by atoms with van der Waals surface area (Å²) in [5.41, 5.74) is 1.13. The molecule has 1 amide bonds. The topological polar surface area (TPSA) is 67.9 Å². The van der Waals surface area contributed by atoms with Gasteiger partial charge in [0.25, 0.3) is 0 Å². The van der Waals surface area contributed by atoms with Crippen molar-refractivity contribution >= 4 is 28.2 Å². The van der Waals surface area contributed by atoms with Gasteiger partial charge in [-0.1, -0.05) is 0 Å². The van der Waals surface area contributed by atoms with Gasteiger partial charge < -0.3 is 14.8 Å². The number of fused-ring (bicyclic) bond motifs is 1. The Hall–Kier alpha value is -1.44. The highest BCUT2D eigenvalue weighted by molar-refractivity contribution is 7.17. The number of carbonyl (C=O) groups excluding carboxylic acids is 2. The van der Waals surface area contributed by atoms with Gasteiger partial charge in [0.15, 0.2) is 0 Å². The highest BCUT2D eigenvalue weighted by Crippen LogP contribution is 2.40. The lowest BCUT2D eigenvalue weighted by Crippen LogP contribution is -2.32. The number of nitrogens with one attached hydrogen (secondary N) is 1. The van der Waals surface area contributed by atoms with Crippen LogP contribution in [-0.2, 0) is 27.3 Å². The number of rotatable bonds is 5. The van der Waals surface area contributed by atoms with Gasteiger partial charge in [-0.3, -0.25) is 9.69 Å². The summed E-state index contributed by atoms with van der Waals surface area (Å²) < 4.78 is 11.1. The van der Waals surface area contributed by atoms with E-state index in [1.807, 2.05) is 13.8 Å². The summed E-state index contributed by atoms with van der Waals surface area (Å²) in [6.45, 7) is 8.86. The minimum Gasteiger partial charge on any atom is -0.462 e. The zero-order chi connectivity index (χ0) is 18.0. The molecule has 1 aromatic heterocycles. The molecule has 1 N–H and O–H groups in total. The van der Waals surface area contributed by atoms with Crippen LogP contribution in [0.2, 0.25) is 0 Å². The Bertz CT molecular complexity index is 662. The number of hydrogen-bond acceptors (Lipinski definition) is 6. The molecule has 2 aliphatic heterocycles. The average molecular weight is 366 g/mol. The van der Waals surface area contributed by atoms with Crippen LogP contribution in [0.5, 0.6) is 0 Å². The molecule has 0 aromatic carbocycles. The lowest BCUT2D eigenvalue weighted by atomic mass is 9.93. The van der Waals surface area contributed by atoms with Crippen LogP contribution in [0.4, 0.5) is 5.00 Å². The lowest BCUT2D eigenvalue weighted by molar-refractivity contribution is -0.117. The largest absolute Gasteiger partial charge is 0.462 e. The van der Waals surface area contributed by atoms with Gasteiger partial charge in [-0.2, -0.15) is 0 Å². The number of thiophene rings is 1. The van der Waals surface area contributed by atoms with Crippen molar-refractivity contribution in [2.75, 3.05) is 31.6 Å². The van der Waals surface area contributed by atoms with E-state index in [0.29, 0.717) is 36.7 Å². The van der Waals surface area contributed by atoms with Crippen molar-refractivity contribution in [3.63, 3.8) is 0 Å². The Kier molecular flexibility index (Phi) is 5.46. The molecule has 0 saturated carbocycles. The summed E-state index contributed by atoms with van der Waals surface area (Å²) in [5.74, 6) is -0.444. The van der Waals surface area contributed by atoms with Crippen molar-refractivity contribution in [2.45, 2.75) is 52.2 Å². The molecule has 0 radical (unpaired) electrons. The molecule has 6 nitrogen and oxygen atoms in total. The smallest absolute Gasteiger partial charge is 0.341 e. The molecule has 0 aliphatic carbocycles. The van der Waals surface area contributed by atoms with E-state index in [1.165, 1.54) is 11.3 Å². The molecule has 1 saturated heterocycles. The SMILES string of the molecule is CCOC(=O)c1c(NC(=O)CN2CCCC2)sc2c1CC(C)(C)OC2. The molecular weight excluding hydrogens is 340 g/mol. The Morgan fingerprint density at radius 2 is 2.04 bits per heavy atom. The zero-order valence-corrected chi connectivity index (χ0v) is 16.0. The van der Waals surface area contributed by atoms with Crippen LogP contribution in [0.25, 0.3) is 0 Å². The lowest BCUT2D eigenvalue weighted by Gasteiger charge is -2.30. The summed E-state index contributed by atoms with van der Waals surface area (Å²) in [6, 6.07) is 0. The highest BCUT2D eigenvalue weighted by Gasteiger charge is 2.34.